The SMILES string of the molecule is O=C(Nc1ccc(C(=O)/C=C/c2cccc(N3CCOCC3)n2)cc1)OCCn1cncn1. The first-order chi connectivity index (χ1) is 16.2. The molecule has 0 aliphatic carbocycles. The molecule has 0 radical (unpaired) electrons. The number of hydrogen-bond acceptors (Lipinski definition) is 8. The van der Waals surface area contributed by atoms with Crippen molar-refractivity contribution in [2.45, 2.75) is 6.54 Å². The van der Waals surface area contributed by atoms with E-state index >= 15 is 0 Å². The summed E-state index contributed by atoms with van der Waals surface area (Å²) < 4.78 is 12.0. The number of benzene rings is 1. The van der Waals surface area contributed by atoms with E-state index in [9.17, 15) is 9.59 Å². The maximum Gasteiger partial charge on any atom is 0.411 e. The number of hydrogen-bond donors (Lipinski definition) is 1. The fourth-order valence-corrected chi connectivity index (χ4v) is 3.21. The number of allylic oxidation sites excluding steroid dienone is 1. The number of morpholine rings is 1. The highest BCUT2D eigenvalue weighted by atomic mass is 16.5. The monoisotopic (exact) mass is 448 g/mol. The van der Waals surface area contributed by atoms with Crippen LogP contribution in [0.4, 0.5) is 16.3 Å². The van der Waals surface area contributed by atoms with Gasteiger partial charge >= 0.3 is 6.09 Å². The zero-order chi connectivity index (χ0) is 22.9. The fourth-order valence-electron chi connectivity index (χ4n) is 3.21. The number of carbonyl (C=O) groups is 2. The van der Waals surface area contributed by atoms with E-state index in [2.05, 4.69) is 25.3 Å². The first-order valence-electron chi connectivity index (χ1n) is 10.6. The summed E-state index contributed by atoms with van der Waals surface area (Å²) in [7, 11) is 0. The minimum atomic E-state index is -0.583. The molecule has 0 bridgehead atoms. The van der Waals surface area contributed by atoms with Gasteiger partial charge in [0.05, 0.1) is 25.5 Å². The maximum absolute atomic E-state index is 12.5. The highest BCUT2D eigenvalue weighted by Gasteiger charge is 2.12. The van der Waals surface area contributed by atoms with Crippen LogP contribution >= 0.6 is 0 Å². The second kappa shape index (κ2) is 11.0. The van der Waals surface area contributed by atoms with Crippen molar-refractivity contribution in [3.8, 4) is 0 Å². The van der Waals surface area contributed by atoms with E-state index < -0.39 is 6.09 Å². The standard InChI is InChI=1S/C23H24N6O4/c30-21(9-8-19-2-1-3-22(26-19)28-10-13-32-14-11-28)18-4-6-20(7-5-18)27-23(31)33-15-12-29-17-24-16-25-29/h1-9,16-17H,10-15H2,(H,27,31)/b9-8+. The molecule has 1 N–H and O–H groups in total. The van der Waals surface area contributed by atoms with Crippen LogP contribution in [0.15, 0.2) is 61.2 Å². The van der Waals surface area contributed by atoms with Crippen LogP contribution in [0.5, 0.6) is 0 Å². The number of rotatable bonds is 8. The molecular formula is C23H24N6O4. The minimum Gasteiger partial charge on any atom is -0.447 e. The summed E-state index contributed by atoms with van der Waals surface area (Å²) in [6, 6.07) is 12.3. The zero-order valence-corrected chi connectivity index (χ0v) is 18.0. The number of ketones is 1. The second-order valence-electron chi connectivity index (χ2n) is 7.21. The van der Waals surface area contributed by atoms with Gasteiger partial charge in [-0.15, -0.1) is 0 Å². The molecule has 0 spiro atoms. The van der Waals surface area contributed by atoms with E-state index in [1.54, 1.807) is 41.4 Å². The number of aromatic nitrogens is 4. The summed E-state index contributed by atoms with van der Waals surface area (Å²) in [6.07, 6.45) is 5.57. The topological polar surface area (TPSA) is 111 Å². The maximum atomic E-state index is 12.5. The molecule has 0 atom stereocenters. The summed E-state index contributed by atoms with van der Waals surface area (Å²) in [5.74, 6) is 0.715. The summed E-state index contributed by atoms with van der Waals surface area (Å²) in [4.78, 5) is 35.0. The van der Waals surface area contributed by atoms with Crippen LogP contribution in [0.25, 0.3) is 6.08 Å². The van der Waals surface area contributed by atoms with E-state index in [1.165, 1.54) is 12.4 Å². The lowest BCUT2D eigenvalue weighted by Crippen LogP contribution is -2.36. The van der Waals surface area contributed by atoms with Crippen LogP contribution < -0.4 is 10.2 Å². The predicted octanol–water partition coefficient (Wildman–Crippen LogP) is 2.65. The van der Waals surface area contributed by atoms with Gasteiger partial charge < -0.3 is 14.4 Å². The van der Waals surface area contributed by atoms with Crippen molar-refractivity contribution in [3.63, 3.8) is 0 Å². The summed E-state index contributed by atoms with van der Waals surface area (Å²) in [5.41, 5.74) is 1.74. The van der Waals surface area contributed by atoms with Crippen molar-refractivity contribution in [2.75, 3.05) is 43.1 Å². The molecular weight excluding hydrogens is 424 g/mol. The highest BCUT2D eigenvalue weighted by Crippen LogP contribution is 2.15. The van der Waals surface area contributed by atoms with Crippen LogP contribution in [-0.2, 0) is 16.0 Å². The molecule has 1 aliphatic rings. The molecule has 10 nitrogen and oxygen atoms in total. The van der Waals surface area contributed by atoms with Gasteiger partial charge in [0.1, 0.15) is 25.1 Å². The molecule has 1 amide bonds. The Labute approximate surface area is 190 Å². The largest absolute Gasteiger partial charge is 0.447 e. The number of amides is 1. The molecule has 170 valence electrons. The molecule has 3 aromatic rings. The van der Waals surface area contributed by atoms with E-state index in [0.717, 1.165) is 18.9 Å². The van der Waals surface area contributed by atoms with Gasteiger partial charge in [-0.25, -0.2) is 19.4 Å². The predicted molar refractivity (Wildman–Crippen MR) is 122 cm³/mol. The molecule has 1 fully saturated rings. The van der Waals surface area contributed by atoms with Gasteiger partial charge in [-0.2, -0.15) is 5.10 Å². The van der Waals surface area contributed by atoms with E-state index in [4.69, 9.17) is 9.47 Å². The van der Waals surface area contributed by atoms with Crippen molar-refractivity contribution < 1.29 is 19.1 Å². The Balaban J connectivity index is 1.28. The molecule has 1 saturated heterocycles. The van der Waals surface area contributed by atoms with Crippen molar-refractivity contribution in [1.29, 1.82) is 0 Å². The molecule has 10 heteroatoms. The van der Waals surface area contributed by atoms with E-state index in [0.29, 0.717) is 36.7 Å². The smallest absolute Gasteiger partial charge is 0.411 e. The van der Waals surface area contributed by atoms with Crippen LogP contribution in [0.2, 0.25) is 0 Å². The normalized spacial score (nSPS) is 13.8. The first kappa shape index (κ1) is 22.2. The third-order valence-electron chi connectivity index (χ3n) is 4.93. The Morgan fingerprint density at radius 1 is 1.12 bits per heavy atom. The minimum absolute atomic E-state index is 0.157. The molecule has 0 saturated carbocycles. The van der Waals surface area contributed by atoms with Crippen molar-refractivity contribution in [3.05, 3.63) is 72.5 Å². The number of pyridine rings is 1. The number of nitrogens with zero attached hydrogens (tertiary/aromatic N) is 5. The van der Waals surface area contributed by atoms with Gasteiger partial charge in [0.25, 0.3) is 0 Å². The number of anilines is 2. The average molecular weight is 448 g/mol. The molecule has 33 heavy (non-hydrogen) atoms. The lowest BCUT2D eigenvalue weighted by atomic mass is 10.1. The molecule has 2 aromatic heterocycles. The number of nitrogens with one attached hydrogen (secondary N) is 1. The van der Waals surface area contributed by atoms with Gasteiger partial charge in [0.15, 0.2) is 5.78 Å². The molecule has 4 rings (SSSR count). The van der Waals surface area contributed by atoms with Gasteiger partial charge in [-0.1, -0.05) is 6.07 Å². The van der Waals surface area contributed by atoms with E-state index in [1.807, 2.05) is 18.2 Å². The number of ether oxygens (including phenoxy) is 2. The van der Waals surface area contributed by atoms with Gasteiger partial charge in [-0.3, -0.25) is 10.1 Å². The lowest BCUT2D eigenvalue weighted by Gasteiger charge is -2.27. The molecule has 1 aromatic carbocycles. The Kier molecular flexibility index (Phi) is 7.39. The molecule has 0 unspecified atom stereocenters. The molecule has 1 aliphatic heterocycles. The van der Waals surface area contributed by atoms with Crippen molar-refractivity contribution >= 4 is 29.5 Å². The quantitative estimate of drug-likeness (QED) is 0.414. The van der Waals surface area contributed by atoms with Gasteiger partial charge in [0, 0.05) is 24.3 Å². The van der Waals surface area contributed by atoms with Gasteiger partial charge in [-0.05, 0) is 48.6 Å². The Hall–Kier alpha value is -4.05. The summed E-state index contributed by atoms with van der Waals surface area (Å²) >= 11 is 0. The van der Waals surface area contributed by atoms with Crippen LogP contribution in [0.1, 0.15) is 16.1 Å². The van der Waals surface area contributed by atoms with Crippen LogP contribution in [-0.4, -0.2) is 64.5 Å². The van der Waals surface area contributed by atoms with Crippen LogP contribution in [0, 0.1) is 0 Å². The average Bonchev–Trinajstić information content (AvgIpc) is 3.37. The Bertz CT molecular complexity index is 1090. The zero-order valence-electron chi connectivity index (χ0n) is 18.0. The number of carbonyl (C=O) groups excluding carboxylic acids is 2. The van der Waals surface area contributed by atoms with Crippen LogP contribution in [0.3, 0.4) is 0 Å². The lowest BCUT2D eigenvalue weighted by molar-refractivity contribution is 0.104. The van der Waals surface area contributed by atoms with E-state index in [-0.39, 0.29) is 12.4 Å². The Morgan fingerprint density at radius 3 is 2.70 bits per heavy atom. The first-order valence-corrected chi connectivity index (χ1v) is 10.6. The van der Waals surface area contributed by atoms with Crippen molar-refractivity contribution in [2.24, 2.45) is 0 Å². The Morgan fingerprint density at radius 2 is 1.94 bits per heavy atom. The molecule has 3 heterocycles. The summed E-state index contributed by atoms with van der Waals surface area (Å²) in [6.45, 7) is 3.55. The highest BCUT2D eigenvalue weighted by molar-refractivity contribution is 6.07. The third kappa shape index (κ3) is 6.47. The fraction of sp³-hybridized carbons (Fsp3) is 0.261. The summed E-state index contributed by atoms with van der Waals surface area (Å²) in [5, 5.41) is 6.55. The van der Waals surface area contributed by atoms with Gasteiger partial charge in [0.2, 0.25) is 0 Å². The second-order valence-corrected chi connectivity index (χ2v) is 7.21. The van der Waals surface area contributed by atoms with Crippen molar-refractivity contribution in [1.82, 2.24) is 19.7 Å². The third-order valence-corrected chi connectivity index (χ3v) is 4.93.